The number of hydrogen-bond acceptors (Lipinski definition) is 8. The van der Waals surface area contributed by atoms with Gasteiger partial charge in [0.2, 0.25) is 11.9 Å². The van der Waals surface area contributed by atoms with E-state index in [2.05, 4.69) is 25.6 Å². The Kier molecular flexibility index (Phi) is 9.63. The van der Waals surface area contributed by atoms with Crippen LogP contribution in [0.2, 0.25) is 0 Å². The highest BCUT2D eigenvalue weighted by atomic mass is 16.6. The smallest absolute Gasteiger partial charge is 0.416 e. The molecule has 11 heteroatoms. The van der Waals surface area contributed by atoms with Gasteiger partial charge in [0, 0.05) is 19.7 Å². The molecule has 2 aromatic heterocycles. The summed E-state index contributed by atoms with van der Waals surface area (Å²) in [5.74, 6) is -0.134. The lowest BCUT2D eigenvalue weighted by atomic mass is 9.92. The van der Waals surface area contributed by atoms with Gasteiger partial charge in [-0.3, -0.25) is 20.0 Å². The van der Waals surface area contributed by atoms with E-state index in [0.29, 0.717) is 17.5 Å². The van der Waals surface area contributed by atoms with Crippen LogP contribution in [0.1, 0.15) is 87.1 Å². The van der Waals surface area contributed by atoms with Crippen molar-refractivity contribution in [1.29, 1.82) is 0 Å². The molecule has 0 spiro atoms. The minimum atomic E-state index is -0.943. The third-order valence-corrected chi connectivity index (χ3v) is 5.38. The molecule has 0 unspecified atom stereocenters. The summed E-state index contributed by atoms with van der Waals surface area (Å²) in [5.41, 5.74) is -0.878. The molecule has 0 saturated heterocycles. The Morgan fingerprint density at radius 2 is 1.63 bits per heavy atom. The monoisotopic (exact) mass is 530 g/mol. The van der Waals surface area contributed by atoms with Crippen molar-refractivity contribution in [3.63, 3.8) is 0 Å². The number of fused-ring (bicyclic) bond motifs is 1. The lowest BCUT2D eigenvalue weighted by molar-refractivity contribution is -0.119. The average Bonchev–Trinajstić information content (AvgIpc) is 2.73. The van der Waals surface area contributed by atoms with Gasteiger partial charge >= 0.3 is 12.2 Å². The molecule has 2 rings (SSSR count). The maximum atomic E-state index is 13.8. The number of aryl methyl sites for hydroxylation is 1. The molecular weight excluding hydrogens is 488 g/mol. The SMILES string of the molecule is CCCC[C@](C)(CNC(C)=O)N(C(=O)OC(C)(C)C)c1nc(NC(=O)OC(C)(C)C)nc2cc(C)cnc12. The van der Waals surface area contributed by atoms with Crippen molar-refractivity contribution in [2.24, 2.45) is 0 Å². The molecule has 0 fully saturated rings. The van der Waals surface area contributed by atoms with Gasteiger partial charge in [0.25, 0.3) is 0 Å². The predicted molar refractivity (Wildman–Crippen MR) is 147 cm³/mol. The number of nitrogens with zero attached hydrogens (tertiary/aromatic N) is 4. The van der Waals surface area contributed by atoms with Crippen LogP contribution in [-0.2, 0) is 14.3 Å². The average molecular weight is 531 g/mol. The second-order valence-electron chi connectivity index (χ2n) is 11.7. The fourth-order valence-electron chi connectivity index (χ4n) is 3.73. The summed E-state index contributed by atoms with van der Waals surface area (Å²) in [7, 11) is 0. The zero-order valence-corrected chi connectivity index (χ0v) is 24.3. The van der Waals surface area contributed by atoms with Crippen molar-refractivity contribution < 1.29 is 23.9 Å². The van der Waals surface area contributed by atoms with Crippen LogP contribution in [0.5, 0.6) is 0 Å². The molecule has 0 saturated carbocycles. The summed E-state index contributed by atoms with van der Waals surface area (Å²) in [6.07, 6.45) is 2.43. The van der Waals surface area contributed by atoms with Gasteiger partial charge in [0.1, 0.15) is 16.7 Å². The zero-order chi connectivity index (χ0) is 28.9. The molecule has 0 radical (unpaired) electrons. The van der Waals surface area contributed by atoms with Gasteiger partial charge in [0.05, 0.1) is 11.1 Å². The molecule has 0 aliphatic heterocycles. The summed E-state index contributed by atoms with van der Waals surface area (Å²) in [6, 6.07) is 1.79. The highest BCUT2D eigenvalue weighted by molar-refractivity contribution is 5.99. The molecule has 38 heavy (non-hydrogen) atoms. The predicted octanol–water partition coefficient (Wildman–Crippen LogP) is 5.51. The minimum Gasteiger partial charge on any atom is -0.444 e. The Balaban J connectivity index is 2.79. The van der Waals surface area contributed by atoms with Crippen LogP contribution in [-0.4, -0.2) is 56.3 Å². The molecule has 2 aromatic rings. The highest BCUT2D eigenvalue weighted by Gasteiger charge is 2.41. The molecular formula is C27H42N6O5. The molecule has 11 nitrogen and oxygen atoms in total. The van der Waals surface area contributed by atoms with Crippen LogP contribution >= 0.6 is 0 Å². The minimum absolute atomic E-state index is 0.0555. The van der Waals surface area contributed by atoms with Crippen molar-refractivity contribution in [1.82, 2.24) is 20.3 Å². The van der Waals surface area contributed by atoms with Crippen molar-refractivity contribution in [2.75, 3.05) is 16.8 Å². The summed E-state index contributed by atoms with van der Waals surface area (Å²) < 4.78 is 11.2. The van der Waals surface area contributed by atoms with Crippen molar-refractivity contribution in [3.8, 4) is 0 Å². The van der Waals surface area contributed by atoms with E-state index in [0.717, 1.165) is 18.4 Å². The normalized spacial score (nSPS) is 13.4. The fraction of sp³-hybridized carbons (Fsp3) is 0.630. The van der Waals surface area contributed by atoms with E-state index in [-0.39, 0.29) is 24.2 Å². The fourth-order valence-corrected chi connectivity index (χ4v) is 3.73. The number of anilines is 2. The van der Waals surface area contributed by atoms with Crippen LogP contribution in [0.4, 0.5) is 21.4 Å². The number of rotatable bonds is 8. The molecule has 0 aliphatic carbocycles. The molecule has 2 N–H and O–H groups in total. The van der Waals surface area contributed by atoms with E-state index in [1.165, 1.54) is 11.8 Å². The van der Waals surface area contributed by atoms with E-state index in [9.17, 15) is 14.4 Å². The number of amides is 3. The maximum Gasteiger partial charge on any atom is 0.416 e. The molecule has 210 valence electrons. The number of pyridine rings is 1. The van der Waals surface area contributed by atoms with E-state index in [4.69, 9.17) is 9.47 Å². The summed E-state index contributed by atoms with van der Waals surface area (Å²) in [6.45, 7) is 17.9. The first kappa shape index (κ1) is 30.7. The van der Waals surface area contributed by atoms with E-state index < -0.39 is 28.9 Å². The third-order valence-electron chi connectivity index (χ3n) is 5.38. The number of ether oxygens (including phenoxy) is 2. The highest BCUT2D eigenvalue weighted by Crippen LogP contribution is 2.34. The van der Waals surface area contributed by atoms with Crippen LogP contribution in [0, 0.1) is 6.92 Å². The standard InChI is InChI=1S/C27H42N6O5/c1-11-12-13-27(10,16-29-18(3)34)33(24(36)38-26(7,8)9)21-20-19(14-17(2)15-28-20)30-22(31-21)32-23(35)37-25(4,5)6/h14-15H,11-13,16H2,1-10H3,(H,29,34)(H,30,31,32,35)/t27-/m1/s1. The number of carbonyl (C=O) groups is 3. The van der Waals surface area contributed by atoms with Gasteiger partial charge in [-0.15, -0.1) is 0 Å². The Labute approximate surface area is 225 Å². The Morgan fingerprint density at radius 3 is 2.18 bits per heavy atom. The molecule has 1 atom stereocenters. The largest absolute Gasteiger partial charge is 0.444 e. The number of aromatic nitrogens is 3. The number of hydrogen-bond donors (Lipinski definition) is 2. The van der Waals surface area contributed by atoms with E-state index >= 15 is 0 Å². The Hall–Kier alpha value is -3.50. The van der Waals surface area contributed by atoms with Gasteiger partial charge in [-0.1, -0.05) is 19.8 Å². The van der Waals surface area contributed by atoms with Crippen molar-refractivity contribution in [2.45, 2.75) is 105 Å². The molecule has 0 aromatic carbocycles. The van der Waals surface area contributed by atoms with E-state index in [1.807, 2.05) is 20.8 Å². The molecule has 2 heterocycles. The second kappa shape index (κ2) is 11.9. The maximum absolute atomic E-state index is 13.8. The van der Waals surface area contributed by atoms with Gasteiger partial charge in [-0.25, -0.2) is 14.6 Å². The number of carbonyl (C=O) groups excluding carboxylic acids is 3. The molecule has 0 aliphatic rings. The second-order valence-corrected chi connectivity index (χ2v) is 11.7. The Bertz CT molecular complexity index is 1170. The first-order chi connectivity index (χ1) is 17.4. The summed E-state index contributed by atoms with van der Waals surface area (Å²) >= 11 is 0. The van der Waals surface area contributed by atoms with Crippen LogP contribution in [0.25, 0.3) is 11.0 Å². The van der Waals surface area contributed by atoms with Crippen molar-refractivity contribution in [3.05, 3.63) is 17.8 Å². The molecule has 0 bridgehead atoms. The number of unbranched alkanes of at least 4 members (excludes halogenated alkanes) is 1. The van der Waals surface area contributed by atoms with E-state index in [1.54, 1.807) is 53.8 Å². The lowest BCUT2D eigenvalue weighted by Gasteiger charge is -2.41. The van der Waals surface area contributed by atoms with Crippen molar-refractivity contribution >= 4 is 40.9 Å². The first-order valence-electron chi connectivity index (χ1n) is 12.9. The van der Waals surface area contributed by atoms with Gasteiger partial charge in [-0.05, 0) is 73.4 Å². The molecule has 3 amide bonds. The quantitative estimate of drug-likeness (QED) is 0.456. The van der Waals surface area contributed by atoms with Crippen LogP contribution in [0.3, 0.4) is 0 Å². The Morgan fingerprint density at radius 1 is 1.00 bits per heavy atom. The summed E-state index contributed by atoms with van der Waals surface area (Å²) in [5, 5.41) is 5.43. The van der Waals surface area contributed by atoms with Gasteiger partial charge in [0.15, 0.2) is 5.82 Å². The summed E-state index contributed by atoms with van der Waals surface area (Å²) in [4.78, 5) is 53.3. The topological polar surface area (TPSA) is 136 Å². The van der Waals surface area contributed by atoms with Crippen LogP contribution in [0.15, 0.2) is 12.3 Å². The zero-order valence-electron chi connectivity index (χ0n) is 24.3. The van der Waals surface area contributed by atoms with Gasteiger partial charge in [-0.2, -0.15) is 4.98 Å². The first-order valence-corrected chi connectivity index (χ1v) is 12.9. The number of nitrogens with one attached hydrogen (secondary N) is 2. The third kappa shape index (κ3) is 8.81. The van der Waals surface area contributed by atoms with Gasteiger partial charge < -0.3 is 14.8 Å². The van der Waals surface area contributed by atoms with Crippen LogP contribution < -0.4 is 15.5 Å². The lowest BCUT2D eigenvalue weighted by Crippen LogP contribution is -2.57.